The van der Waals surface area contributed by atoms with Crippen LogP contribution in [0.5, 0.6) is 0 Å². The van der Waals surface area contributed by atoms with E-state index in [1.54, 1.807) is 0 Å². The first-order valence-corrected chi connectivity index (χ1v) is 17.8. The van der Waals surface area contributed by atoms with Gasteiger partial charge in [-0.15, -0.1) is 0 Å². The van der Waals surface area contributed by atoms with Gasteiger partial charge in [-0.3, -0.25) is 0 Å². The number of hydrogen-bond acceptors (Lipinski definition) is 0. The molecule has 0 aliphatic heterocycles. The topological polar surface area (TPSA) is 4.93 Å². The molecule has 234 valence electrons. The Bertz CT molecular complexity index is 2900. The zero-order valence-corrected chi connectivity index (χ0v) is 27.7. The molecule has 0 saturated carbocycles. The van der Waals surface area contributed by atoms with E-state index in [2.05, 4.69) is 168 Å². The second-order valence-electron chi connectivity index (χ2n) is 14.0. The highest BCUT2D eigenvalue weighted by Crippen LogP contribution is 2.41. The Kier molecular flexibility index (Phi) is 5.91. The van der Waals surface area contributed by atoms with Crippen molar-refractivity contribution in [2.75, 3.05) is 0 Å². The first-order chi connectivity index (χ1) is 24.8. The van der Waals surface area contributed by atoms with E-state index in [0.29, 0.717) is 0 Å². The van der Waals surface area contributed by atoms with Crippen LogP contribution in [0.3, 0.4) is 0 Å². The van der Waals surface area contributed by atoms with Gasteiger partial charge in [-0.25, -0.2) is 0 Å². The minimum absolute atomic E-state index is 0.996. The fourth-order valence-electron chi connectivity index (χ4n) is 8.94. The van der Waals surface area contributed by atoms with Gasteiger partial charge >= 0.3 is 0 Å². The predicted molar refractivity (Wildman–Crippen MR) is 211 cm³/mol. The minimum atomic E-state index is 0.996. The average Bonchev–Trinajstić information content (AvgIpc) is 3.73. The summed E-state index contributed by atoms with van der Waals surface area (Å²) in [5.74, 6) is 0. The highest BCUT2D eigenvalue weighted by Gasteiger charge is 2.20. The van der Waals surface area contributed by atoms with E-state index in [1.807, 2.05) is 0 Å². The predicted octanol–water partition coefficient (Wildman–Crippen LogP) is 12.7. The van der Waals surface area contributed by atoms with Crippen molar-refractivity contribution in [2.45, 2.75) is 19.3 Å². The van der Waals surface area contributed by atoms with E-state index >= 15 is 0 Å². The first kappa shape index (κ1) is 27.7. The fraction of sp³-hybridized carbons (Fsp3) is 0.0612. The zero-order chi connectivity index (χ0) is 32.8. The number of hydrogen-bond donors (Lipinski definition) is 0. The van der Waals surface area contributed by atoms with E-state index in [9.17, 15) is 0 Å². The molecule has 8 aromatic carbocycles. The van der Waals surface area contributed by atoms with Gasteiger partial charge in [-0.1, -0.05) is 121 Å². The molecule has 0 spiro atoms. The molecule has 0 bridgehead atoms. The molecule has 1 heteroatoms. The standard InChI is InChI=1S/C49H33N/c1-2-13-38-35(10-1)27-36-21-20-33(28-45(36)38)31-11-9-12-32(26-31)34-22-25-49-47(29-34)44-18-7-8-19-48(44)50(49)37-23-24-43-41-16-4-3-14-39(41)40-15-5-6-17-42(40)46(43)30-37/h1-13,15,17-26,28-30H,14,16,27H2. The summed E-state index contributed by atoms with van der Waals surface area (Å²) in [6.45, 7) is 0. The van der Waals surface area contributed by atoms with Gasteiger partial charge in [0.2, 0.25) is 0 Å². The molecule has 0 fully saturated rings. The van der Waals surface area contributed by atoms with Crippen LogP contribution >= 0.6 is 0 Å². The quantitative estimate of drug-likeness (QED) is 0.134. The molecule has 11 rings (SSSR count). The van der Waals surface area contributed by atoms with E-state index < -0.39 is 0 Å². The molecule has 0 saturated heterocycles. The second kappa shape index (κ2) is 10.7. The van der Waals surface area contributed by atoms with Crippen LogP contribution in [0.2, 0.25) is 0 Å². The molecule has 0 N–H and O–H groups in total. The highest BCUT2D eigenvalue weighted by atomic mass is 15.0. The van der Waals surface area contributed by atoms with Gasteiger partial charge in [0, 0.05) is 16.5 Å². The Morgan fingerprint density at radius 3 is 1.86 bits per heavy atom. The van der Waals surface area contributed by atoms with E-state index in [0.717, 1.165) is 19.3 Å². The molecular formula is C49H33N. The van der Waals surface area contributed by atoms with E-state index in [1.165, 1.54) is 105 Å². The van der Waals surface area contributed by atoms with Gasteiger partial charge in [-0.2, -0.15) is 0 Å². The van der Waals surface area contributed by atoms with Crippen LogP contribution < -0.4 is 0 Å². The summed E-state index contributed by atoms with van der Waals surface area (Å²) < 4.78 is 2.46. The lowest BCUT2D eigenvalue weighted by molar-refractivity contribution is 1.12. The van der Waals surface area contributed by atoms with Gasteiger partial charge in [0.25, 0.3) is 0 Å². The van der Waals surface area contributed by atoms with E-state index in [4.69, 9.17) is 0 Å². The van der Waals surface area contributed by atoms with Crippen molar-refractivity contribution < 1.29 is 0 Å². The number of benzene rings is 8. The molecule has 0 radical (unpaired) electrons. The monoisotopic (exact) mass is 635 g/mol. The van der Waals surface area contributed by atoms with Crippen LogP contribution in [-0.4, -0.2) is 4.57 Å². The normalized spacial score (nSPS) is 13.3. The van der Waals surface area contributed by atoms with Crippen molar-refractivity contribution in [1.29, 1.82) is 0 Å². The highest BCUT2D eigenvalue weighted by molar-refractivity contribution is 6.13. The summed E-state index contributed by atoms with van der Waals surface area (Å²) >= 11 is 0. The Morgan fingerprint density at radius 1 is 0.360 bits per heavy atom. The lowest BCUT2D eigenvalue weighted by Crippen LogP contribution is -2.01. The number of allylic oxidation sites excluding steroid dienone is 2. The van der Waals surface area contributed by atoms with Crippen molar-refractivity contribution in [3.63, 3.8) is 0 Å². The van der Waals surface area contributed by atoms with Gasteiger partial charge in [0.05, 0.1) is 11.0 Å². The molecular weight excluding hydrogens is 603 g/mol. The maximum Gasteiger partial charge on any atom is 0.0541 e. The summed E-state index contributed by atoms with van der Waals surface area (Å²) in [6.07, 6.45) is 7.68. The van der Waals surface area contributed by atoms with Gasteiger partial charge < -0.3 is 4.57 Å². The van der Waals surface area contributed by atoms with Crippen molar-refractivity contribution in [2.24, 2.45) is 0 Å². The Morgan fingerprint density at radius 2 is 1.00 bits per heavy atom. The number of rotatable bonds is 3. The molecule has 2 aliphatic rings. The minimum Gasteiger partial charge on any atom is -0.309 e. The summed E-state index contributed by atoms with van der Waals surface area (Å²) in [6, 6.07) is 56.8. The maximum absolute atomic E-state index is 2.46. The molecule has 1 aromatic heterocycles. The summed E-state index contributed by atoms with van der Waals surface area (Å²) in [5.41, 5.74) is 17.2. The summed E-state index contributed by atoms with van der Waals surface area (Å²) in [4.78, 5) is 0. The molecule has 2 aliphatic carbocycles. The third-order valence-corrected chi connectivity index (χ3v) is 11.3. The van der Waals surface area contributed by atoms with Crippen molar-refractivity contribution in [3.8, 4) is 39.1 Å². The second-order valence-corrected chi connectivity index (χ2v) is 14.0. The molecule has 0 unspecified atom stereocenters. The fourth-order valence-corrected chi connectivity index (χ4v) is 8.94. The first-order valence-electron chi connectivity index (χ1n) is 17.8. The smallest absolute Gasteiger partial charge is 0.0541 e. The lowest BCUT2D eigenvalue weighted by Gasteiger charge is -2.19. The average molecular weight is 636 g/mol. The summed E-state index contributed by atoms with van der Waals surface area (Å²) in [7, 11) is 0. The lowest BCUT2D eigenvalue weighted by atomic mass is 9.86. The van der Waals surface area contributed by atoms with Crippen molar-refractivity contribution in [1.82, 2.24) is 4.57 Å². The third kappa shape index (κ3) is 4.07. The van der Waals surface area contributed by atoms with Crippen LogP contribution in [0.25, 0.3) is 82.4 Å². The number of para-hydroxylation sites is 1. The summed E-state index contributed by atoms with van der Waals surface area (Å²) in [5, 5.41) is 7.99. The molecule has 1 heterocycles. The molecule has 1 nitrogen and oxygen atoms in total. The SMILES string of the molecule is C1=CCc2c(c3ccccc3c3cc(-n4c5ccccc5c5cc(-c6cccc(-c7ccc8c(c7)-c7ccccc7C8)c6)ccc54)ccc23)C1. The van der Waals surface area contributed by atoms with Gasteiger partial charge in [0.15, 0.2) is 0 Å². The third-order valence-electron chi connectivity index (χ3n) is 11.3. The number of nitrogens with zero attached hydrogens (tertiary/aromatic N) is 1. The van der Waals surface area contributed by atoms with Crippen LogP contribution in [0.1, 0.15) is 22.3 Å². The Hall–Kier alpha value is -6.18. The van der Waals surface area contributed by atoms with E-state index in [-0.39, 0.29) is 0 Å². The number of fused-ring (bicyclic) bond motifs is 12. The van der Waals surface area contributed by atoms with Crippen LogP contribution in [-0.2, 0) is 19.3 Å². The zero-order valence-electron chi connectivity index (χ0n) is 27.7. The molecule has 0 amide bonds. The van der Waals surface area contributed by atoms with Gasteiger partial charge in [-0.05, 0) is 139 Å². The Balaban J connectivity index is 1.05. The van der Waals surface area contributed by atoms with Crippen LogP contribution in [0.4, 0.5) is 0 Å². The van der Waals surface area contributed by atoms with Crippen molar-refractivity contribution in [3.05, 3.63) is 186 Å². The molecule has 0 atom stereocenters. The molecule has 9 aromatic rings. The van der Waals surface area contributed by atoms with Crippen molar-refractivity contribution >= 4 is 43.4 Å². The Labute approximate surface area is 291 Å². The number of aromatic nitrogens is 1. The van der Waals surface area contributed by atoms with Crippen LogP contribution in [0, 0.1) is 0 Å². The maximum atomic E-state index is 2.46. The molecule has 50 heavy (non-hydrogen) atoms. The van der Waals surface area contributed by atoms with Gasteiger partial charge in [0.1, 0.15) is 0 Å². The van der Waals surface area contributed by atoms with Crippen LogP contribution in [0.15, 0.2) is 164 Å². The largest absolute Gasteiger partial charge is 0.309 e.